The van der Waals surface area contributed by atoms with Gasteiger partial charge in [0.15, 0.2) is 0 Å². The van der Waals surface area contributed by atoms with E-state index in [-0.39, 0.29) is 5.82 Å². The molecule has 1 aromatic rings. The van der Waals surface area contributed by atoms with E-state index >= 15 is 0 Å². The summed E-state index contributed by atoms with van der Waals surface area (Å²) in [4.78, 5) is 3.06. The van der Waals surface area contributed by atoms with E-state index in [1.54, 1.807) is 17.8 Å². The first-order chi connectivity index (χ1) is 6.59. The van der Waals surface area contributed by atoms with Gasteiger partial charge >= 0.3 is 0 Å². The van der Waals surface area contributed by atoms with E-state index in [4.69, 9.17) is 5.73 Å². The molecule has 78 valence electrons. The lowest BCUT2D eigenvalue weighted by molar-refractivity contribution is 0.437. The number of benzene rings is 1. The maximum absolute atomic E-state index is 12.7. The number of hydrogen-bond donors (Lipinski definition) is 1. The van der Waals surface area contributed by atoms with E-state index in [1.165, 1.54) is 12.1 Å². The highest BCUT2D eigenvalue weighted by Crippen LogP contribution is 2.25. The smallest absolute Gasteiger partial charge is 0.125 e. The first kappa shape index (κ1) is 11.3. The molecular weight excluding hydrogens is 199 g/mol. The minimum absolute atomic E-state index is 0.278. The number of nitrogens with two attached hydrogens (primary N) is 1. The SMILES string of the molecule is CN(C)CCSc1ccc(F)cc1N. The van der Waals surface area contributed by atoms with Gasteiger partial charge in [-0.05, 0) is 32.3 Å². The summed E-state index contributed by atoms with van der Waals surface area (Å²) in [6.45, 7) is 0.988. The topological polar surface area (TPSA) is 29.3 Å². The summed E-state index contributed by atoms with van der Waals surface area (Å²) in [7, 11) is 4.04. The molecule has 0 aromatic heterocycles. The Bertz CT molecular complexity index is 302. The number of halogens is 1. The summed E-state index contributed by atoms with van der Waals surface area (Å²) in [5.74, 6) is 0.683. The number of thioether (sulfide) groups is 1. The maximum atomic E-state index is 12.7. The second-order valence-electron chi connectivity index (χ2n) is 3.33. The van der Waals surface area contributed by atoms with Crippen molar-refractivity contribution in [3.8, 4) is 0 Å². The average Bonchev–Trinajstić information content (AvgIpc) is 2.08. The Morgan fingerprint density at radius 2 is 2.14 bits per heavy atom. The van der Waals surface area contributed by atoms with E-state index in [0.29, 0.717) is 5.69 Å². The monoisotopic (exact) mass is 214 g/mol. The van der Waals surface area contributed by atoms with Crippen LogP contribution in [-0.2, 0) is 0 Å². The van der Waals surface area contributed by atoms with Crippen LogP contribution in [0.2, 0.25) is 0 Å². The molecule has 0 bridgehead atoms. The van der Waals surface area contributed by atoms with Crippen molar-refractivity contribution in [3.63, 3.8) is 0 Å². The van der Waals surface area contributed by atoms with Gasteiger partial charge in [-0.15, -0.1) is 11.8 Å². The molecular formula is C10H15FN2S. The van der Waals surface area contributed by atoms with Crippen LogP contribution in [0.25, 0.3) is 0 Å². The summed E-state index contributed by atoms with van der Waals surface area (Å²) in [6, 6.07) is 4.53. The molecule has 2 N–H and O–H groups in total. The largest absolute Gasteiger partial charge is 0.398 e. The standard InChI is InChI=1S/C10H15FN2S/c1-13(2)5-6-14-10-4-3-8(11)7-9(10)12/h3-4,7H,5-6,12H2,1-2H3. The van der Waals surface area contributed by atoms with Gasteiger partial charge in [0, 0.05) is 22.9 Å². The Kier molecular flexibility index (Phi) is 4.22. The van der Waals surface area contributed by atoms with Gasteiger partial charge in [-0.1, -0.05) is 0 Å². The van der Waals surface area contributed by atoms with E-state index in [2.05, 4.69) is 4.90 Å². The lowest BCUT2D eigenvalue weighted by Crippen LogP contribution is -2.14. The molecule has 0 aliphatic heterocycles. The van der Waals surface area contributed by atoms with Crippen molar-refractivity contribution in [3.05, 3.63) is 24.0 Å². The summed E-state index contributed by atoms with van der Waals surface area (Å²) in [5.41, 5.74) is 6.19. The summed E-state index contributed by atoms with van der Waals surface area (Å²) in [6.07, 6.45) is 0. The molecule has 0 unspecified atom stereocenters. The minimum atomic E-state index is -0.278. The molecule has 1 rings (SSSR count). The molecule has 0 fully saturated rings. The predicted molar refractivity (Wildman–Crippen MR) is 60.1 cm³/mol. The zero-order chi connectivity index (χ0) is 10.6. The Hall–Kier alpha value is -0.740. The third-order valence-corrected chi connectivity index (χ3v) is 2.84. The molecule has 0 atom stereocenters. The molecule has 0 aliphatic carbocycles. The van der Waals surface area contributed by atoms with Crippen molar-refractivity contribution in [2.24, 2.45) is 0 Å². The molecule has 2 nitrogen and oxygen atoms in total. The number of hydrogen-bond acceptors (Lipinski definition) is 3. The molecule has 0 saturated carbocycles. The van der Waals surface area contributed by atoms with Gasteiger partial charge in [-0.2, -0.15) is 0 Å². The number of nitrogen functional groups attached to an aromatic ring is 1. The van der Waals surface area contributed by atoms with Gasteiger partial charge in [-0.25, -0.2) is 4.39 Å². The van der Waals surface area contributed by atoms with Crippen LogP contribution in [0.5, 0.6) is 0 Å². The maximum Gasteiger partial charge on any atom is 0.125 e. The summed E-state index contributed by atoms with van der Waals surface area (Å²) in [5, 5.41) is 0. The van der Waals surface area contributed by atoms with Gasteiger partial charge in [0.2, 0.25) is 0 Å². The first-order valence-corrected chi connectivity index (χ1v) is 5.40. The van der Waals surface area contributed by atoms with Crippen molar-refractivity contribution in [1.82, 2.24) is 4.90 Å². The minimum Gasteiger partial charge on any atom is -0.398 e. The molecule has 14 heavy (non-hydrogen) atoms. The summed E-state index contributed by atoms with van der Waals surface area (Å²) >= 11 is 1.65. The van der Waals surface area contributed by atoms with Gasteiger partial charge in [0.25, 0.3) is 0 Å². The fourth-order valence-corrected chi connectivity index (χ4v) is 2.06. The van der Waals surface area contributed by atoms with E-state index in [0.717, 1.165) is 17.2 Å². The van der Waals surface area contributed by atoms with Crippen LogP contribution in [-0.4, -0.2) is 31.3 Å². The predicted octanol–water partition coefficient (Wildman–Crippen LogP) is 2.06. The van der Waals surface area contributed by atoms with Crippen molar-refractivity contribution < 1.29 is 4.39 Å². The summed E-state index contributed by atoms with van der Waals surface area (Å²) < 4.78 is 12.7. The zero-order valence-electron chi connectivity index (χ0n) is 8.46. The van der Waals surface area contributed by atoms with E-state index in [1.807, 2.05) is 14.1 Å². The van der Waals surface area contributed by atoms with Gasteiger partial charge in [-0.3, -0.25) is 0 Å². The highest BCUT2D eigenvalue weighted by atomic mass is 32.2. The first-order valence-electron chi connectivity index (χ1n) is 4.42. The van der Waals surface area contributed by atoms with Gasteiger partial charge in [0.05, 0.1) is 0 Å². The normalized spacial score (nSPS) is 10.9. The second-order valence-corrected chi connectivity index (χ2v) is 4.47. The fraction of sp³-hybridized carbons (Fsp3) is 0.400. The second kappa shape index (κ2) is 5.22. The number of nitrogens with zero attached hydrogens (tertiary/aromatic N) is 1. The van der Waals surface area contributed by atoms with Gasteiger partial charge < -0.3 is 10.6 Å². The van der Waals surface area contributed by atoms with Crippen molar-refractivity contribution in [2.75, 3.05) is 32.1 Å². The van der Waals surface area contributed by atoms with Crippen molar-refractivity contribution >= 4 is 17.4 Å². The lowest BCUT2D eigenvalue weighted by atomic mass is 10.3. The number of anilines is 1. The molecule has 0 amide bonds. The van der Waals surface area contributed by atoms with E-state index in [9.17, 15) is 4.39 Å². The highest BCUT2D eigenvalue weighted by Gasteiger charge is 2.01. The third kappa shape index (κ3) is 3.55. The molecule has 0 radical (unpaired) electrons. The van der Waals surface area contributed by atoms with Crippen molar-refractivity contribution in [2.45, 2.75) is 4.90 Å². The Morgan fingerprint density at radius 3 is 2.71 bits per heavy atom. The molecule has 0 aliphatic rings. The van der Waals surface area contributed by atoms with Crippen LogP contribution in [0.3, 0.4) is 0 Å². The van der Waals surface area contributed by atoms with Crippen LogP contribution < -0.4 is 5.73 Å². The van der Waals surface area contributed by atoms with E-state index < -0.39 is 0 Å². The van der Waals surface area contributed by atoms with Crippen LogP contribution in [0.15, 0.2) is 23.1 Å². The molecule has 0 spiro atoms. The number of rotatable bonds is 4. The highest BCUT2D eigenvalue weighted by molar-refractivity contribution is 7.99. The Morgan fingerprint density at radius 1 is 1.43 bits per heavy atom. The van der Waals surface area contributed by atoms with Crippen LogP contribution in [0, 0.1) is 5.82 Å². The van der Waals surface area contributed by atoms with Crippen molar-refractivity contribution in [1.29, 1.82) is 0 Å². The molecule has 1 aromatic carbocycles. The average molecular weight is 214 g/mol. The Labute approximate surface area is 88.3 Å². The van der Waals surface area contributed by atoms with Gasteiger partial charge in [0.1, 0.15) is 5.82 Å². The lowest BCUT2D eigenvalue weighted by Gasteiger charge is -2.09. The molecule has 0 saturated heterocycles. The molecule has 0 heterocycles. The van der Waals surface area contributed by atoms with Crippen LogP contribution in [0.4, 0.5) is 10.1 Å². The fourth-order valence-electron chi connectivity index (χ4n) is 0.989. The zero-order valence-corrected chi connectivity index (χ0v) is 9.27. The third-order valence-electron chi connectivity index (χ3n) is 1.77. The van der Waals surface area contributed by atoms with Crippen LogP contribution >= 0.6 is 11.8 Å². The van der Waals surface area contributed by atoms with Crippen LogP contribution in [0.1, 0.15) is 0 Å². The molecule has 4 heteroatoms. The quantitative estimate of drug-likeness (QED) is 0.614. The Balaban J connectivity index is 2.51.